The summed E-state index contributed by atoms with van der Waals surface area (Å²) in [4.78, 5) is 12.8. The van der Waals surface area contributed by atoms with Crippen LogP contribution in [0.5, 0.6) is 0 Å². The molecule has 1 aliphatic heterocycles. The largest absolute Gasteiger partial charge is 0.394 e. The zero-order valence-electron chi connectivity index (χ0n) is 7.49. The molecule has 0 saturated carbocycles. The third-order valence-corrected chi connectivity index (χ3v) is 1.93. The highest BCUT2D eigenvalue weighted by Crippen LogP contribution is 2.07. The van der Waals surface area contributed by atoms with E-state index in [9.17, 15) is 4.79 Å². The fourth-order valence-corrected chi connectivity index (χ4v) is 1.19. The zero-order valence-corrected chi connectivity index (χ0v) is 7.49. The molecule has 1 saturated heterocycles. The number of likely N-dealkylation sites (tertiary alicyclic amines) is 1. The van der Waals surface area contributed by atoms with Crippen LogP contribution in [-0.4, -0.2) is 41.7 Å². The Hall–Kier alpha value is -1.05. The molecule has 4 nitrogen and oxygen atoms in total. The topological polar surface area (TPSA) is 66.6 Å². The number of hydrogen-bond donors (Lipinski definition) is 2. The lowest BCUT2D eigenvalue weighted by Crippen LogP contribution is -2.26. The average molecular weight is 182 g/mol. The van der Waals surface area contributed by atoms with Crippen LogP contribution >= 0.6 is 0 Å². The molecule has 1 rings (SSSR count). The summed E-state index contributed by atoms with van der Waals surface area (Å²) in [5.74, 6) is 5.60. The molecule has 0 unspecified atom stereocenters. The average Bonchev–Trinajstić information content (AvgIpc) is 2.52. The molecular weight excluding hydrogens is 168 g/mol. The lowest BCUT2D eigenvalue weighted by Gasteiger charge is -2.10. The number of nitrogens with zero attached hydrogens (tertiary/aromatic N) is 1. The molecule has 1 aliphatic rings. The number of nitrogens with two attached hydrogens (primary N) is 1. The van der Waals surface area contributed by atoms with Crippen molar-refractivity contribution in [1.82, 2.24) is 4.90 Å². The van der Waals surface area contributed by atoms with Crippen molar-refractivity contribution in [2.45, 2.75) is 18.9 Å². The lowest BCUT2D eigenvalue weighted by molar-refractivity contribution is -0.127. The Balaban J connectivity index is 2.31. The first-order chi connectivity index (χ1) is 6.24. The molecule has 1 heterocycles. The number of aliphatic hydroxyl groups is 1. The van der Waals surface area contributed by atoms with Crippen molar-refractivity contribution in [2.75, 3.05) is 19.7 Å². The van der Waals surface area contributed by atoms with Crippen LogP contribution in [0.3, 0.4) is 0 Å². The van der Waals surface area contributed by atoms with E-state index in [-0.39, 0.29) is 12.5 Å². The minimum absolute atomic E-state index is 0.138. The first-order valence-electron chi connectivity index (χ1n) is 4.36. The molecule has 72 valence electrons. The minimum Gasteiger partial charge on any atom is -0.394 e. The van der Waals surface area contributed by atoms with Gasteiger partial charge in [0.25, 0.3) is 0 Å². The van der Waals surface area contributed by atoms with Crippen LogP contribution in [0.2, 0.25) is 0 Å². The molecule has 3 N–H and O–H groups in total. The molecule has 13 heavy (non-hydrogen) atoms. The van der Waals surface area contributed by atoms with E-state index >= 15 is 0 Å². The van der Waals surface area contributed by atoms with Gasteiger partial charge in [-0.05, 0) is 6.42 Å². The van der Waals surface area contributed by atoms with Crippen molar-refractivity contribution >= 4 is 5.91 Å². The van der Waals surface area contributed by atoms with Crippen LogP contribution in [-0.2, 0) is 4.79 Å². The quantitative estimate of drug-likeness (QED) is 0.534. The third kappa shape index (κ3) is 3.05. The number of carbonyl (C=O) groups is 1. The van der Waals surface area contributed by atoms with Gasteiger partial charge in [-0.15, -0.1) is 0 Å². The molecule has 1 atom stereocenters. The molecule has 0 aromatic heterocycles. The number of hydrogen-bond acceptors (Lipinski definition) is 3. The Morgan fingerprint density at radius 1 is 1.69 bits per heavy atom. The van der Waals surface area contributed by atoms with E-state index in [1.165, 1.54) is 0 Å². The third-order valence-electron chi connectivity index (χ3n) is 1.93. The van der Waals surface area contributed by atoms with Crippen molar-refractivity contribution in [3.8, 4) is 11.8 Å². The lowest BCUT2D eigenvalue weighted by atomic mass is 10.3. The standard InChI is InChI=1S/C9H14N2O2/c10-8(7-12)3-1-5-11-6-2-4-9(11)13/h8,12H,2,4-7,10H2/t8-/m0/s1. The molecule has 1 amide bonds. The van der Waals surface area contributed by atoms with Crippen LogP contribution in [0.25, 0.3) is 0 Å². The molecule has 0 bridgehead atoms. The van der Waals surface area contributed by atoms with Gasteiger partial charge in [-0.25, -0.2) is 0 Å². The van der Waals surface area contributed by atoms with E-state index < -0.39 is 6.04 Å². The van der Waals surface area contributed by atoms with Gasteiger partial charge in [0.2, 0.25) is 5.91 Å². The van der Waals surface area contributed by atoms with Crippen LogP contribution < -0.4 is 5.73 Å². The SMILES string of the molecule is N[C@@H](C#CCN1CCCC1=O)CO. The summed E-state index contributed by atoms with van der Waals surface area (Å²) < 4.78 is 0. The Morgan fingerprint density at radius 2 is 2.46 bits per heavy atom. The monoisotopic (exact) mass is 182 g/mol. The summed E-state index contributed by atoms with van der Waals surface area (Å²) in [7, 11) is 0. The van der Waals surface area contributed by atoms with Crippen molar-refractivity contribution < 1.29 is 9.90 Å². The summed E-state index contributed by atoms with van der Waals surface area (Å²) in [6.45, 7) is 1.09. The van der Waals surface area contributed by atoms with Gasteiger partial charge >= 0.3 is 0 Å². The first-order valence-corrected chi connectivity index (χ1v) is 4.36. The van der Waals surface area contributed by atoms with E-state index in [1.54, 1.807) is 4.90 Å². The zero-order chi connectivity index (χ0) is 9.68. The van der Waals surface area contributed by atoms with E-state index in [2.05, 4.69) is 11.8 Å². The fraction of sp³-hybridized carbons (Fsp3) is 0.667. The van der Waals surface area contributed by atoms with Gasteiger partial charge in [0.05, 0.1) is 19.2 Å². The van der Waals surface area contributed by atoms with Gasteiger partial charge in [0.15, 0.2) is 0 Å². The van der Waals surface area contributed by atoms with Crippen LogP contribution in [0.15, 0.2) is 0 Å². The van der Waals surface area contributed by atoms with E-state index in [4.69, 9.17) is 10.8 Å². The van der Waals surface area contributed by atoms with Crippen LogP contribution in [0, 0.1) is 11.8 Å². The van der Waals surface area contributed by atoms with Crippen molar-refractivity contribution in [3.63, 3.8) is 0 Å². The second-order valence-corrected chi connectivity index (χ2v) is 3.03. The summed E-state index contributed by atoms with van der Waals surface area (Å²) in [5, 5.41) is 8.57. The molecule has 0 aromatic carbocycles. The van der Waals surface area contributed by atoms with Gasteiger partial charge in [0.1, 0.15) is 0 Å². The Bertz CT molecular complexity index is 242. The Morgan fingerprint density at radius 3 is 3.00 bits per heavy atom. The molecule has 1 fully saturated rings. The van der Waals surface area contributed by atoms with Crippen LogP contribution in [0.1, 0.15) is 12.8 Å². The normalized spacial score (nSPS) is 18.3. The Labute approximate surface area is 77.7 Å². The maximum Gasteiger partial charge on any atom is 0.223 e. The van der Waals surface area contributed by atoms with Gasteiger partial charge in [-0.1, -0.05) is 11.8 Å². The number of carbonyl (C=O) groups excluding carboxylic acids is 1. The first kappa shape index (κ1) is 10.0. The highest BCUT2D eigenvalue weighted by Gasteiger charge is 2.18. The summed E-state index contributed by atoms with van der Waals surface area (Å²) in [5.41, 5.74) is 5.37. The predicted molar refractivity (Wildman–Crippen MR) is 48.7 cm³/mol. The van der Waals surface area contributed by atoms with Crippen LogP contribution in [0.4, 0.5) is 0 Å². The maximum atomic E-state index is 11.1. The van der Waals surface area contributed by atoms with Crippen molar-refractivity contribution in [2.24, 2.45) is 5.73 Å². The molecule has 0 aliphatic carbocycles. The minimum atomic E-state index is -0.488. The highest BCUT2D eigenvalue weighted by atomic mass is 16.3. The second kappa shape index (κ2) is 4.85. The number of amides is 1. The van der Waals surface area contributed by atoms with Gasteiger partial charge in [-0.2, -0.15) is 0 Å². The van der Waals surface area contributed by atoms with Crippen molar-refractivity contribution in [1.29, 1.82) is 0 Å². The number of aliphatic hydroxyl groups excluding tert-OH is 1. The molecule has 0 aromatic rings. The number of rotatable bonds is 2. The van der Waals surface area contributed by atoms with E-state index in [0.29, 0.717) is 13.0 Å². The van der Waals surface area contributed by atoms with Crippen molar-refractivity contribution in [3.05, 3.63) is 0 Å². The molecular formula is C9H14N2O2. The van der Waals surface area contributed by atoms with Gasteiger partial charge in [0, 0.05) is 13.0 Å². The summed E-state index contributed by atoms with van der Waals surface area (Å²) in [6.07, 6.45) is 1.56. The Kier molecular flexibility index (Phi) is 3.74. The summed E-state index contributed by atoms with van der Waals surface area (Å²) >= 11 is 0. The summed E-state index contributed by atoms with van der Waals surface area (Å²) in [6, 6.07) is -0.488. The van der Waals surface area contributed by atoms with E-state index in [0.717, 1.165) is 13.0 Å². The second-order valence-electron chi connectivity index (χ2n) is 3.03. The van der Waals surface area contributed by atoms with Gasteiger partial charge < -0.3 is 15.7 Å². The smallest absolute Gasteiger partial charge is 0.223 e. The fourth-order valence-electron chi connectivity index (χ4n) is 1.19. The molecule has 4 heteroatoms. The maximum absolute atomic E-state index is 11.1. The van der Waals surface area contributed by atoms with E-state index in [1.807, 2.05) is 0 Å². The molecule has 0 spiro atoms. The molecule has 0 radical (unpaired) electrons. The van der Waals surface area contributed by atoms with Gasteiger partial charge in [-0.3, -0.25) is 4.79 Å². The highest BCUT2D eigenvalue weighted by molar-refractivity contribution is 5.78. The predicted octanol–water partition coefficient (Wildman–Crippen LogP) is -1.07.